The quantitative estimate of drug-likeness (QED) is 0.726. The van der Waals surface area contributed by atoms with Crippen molar-refractivity contribution in [2.75, 3.05) is 0 Å². The Morgan fingerprint density at radius 2 is 2.00 bits per heavy atom. The maximum Gasteiger partial charge on any atom is 0.143 e. The van der Waals surface area contributed by atoms with Crippen LogP contribution in [0.25, 0.3) is 5.65 Å². The number of hydrogen-bond donors (Lipinski definition) is 0. The highest BCUT2D eigenvalue weighted by molar-refractivity contribution is 5.83. The number of fused-ring (bicyclic) bond motifs is 1. The number of carbonyl (C=O) groups excluding carboxylic acids is 1. The molecule has 3 heteroatoms. The van der Waals surface area contributed by atoms with Crippen LogP contribution in [0, 0.1) is 6.92 Å². The Bertz CT molecular complexity index is 758. The van der Waals surface area contributed by atoms with Gasteiger partial charge in [-0.15, -0.1) is 0 Å². The van der Waals surface area contributed by atoms with Crippen LogP contribution in [0.5, 0.6) is 0 Å². The standard InChI is InChI=1S/C17H16N2O/c1-13-4-2-5-14(10-13)11-16(20)12-15-6-3-7-17-18-8-9-19(15)17/h2-10H,11-12H2,1H3. The van der Waals surface area contributed by atoms with Gasteiger partial charge < -0.3 is 4.40 Å². The largest absolute Gasteiger partial charge is 0.304 e. The van der Waals surface area contributed by atoms with Crippen molar-refractivity contribution in [3.05, 3.63) is 71.7 Å². The molecule has 0 N–H and O–H groups in total. The second-order valence-electron chi connectivity index (χ2n) is 5.05. The minimum absolute atomic E-state index is 0.219. The fourth-order valence-electron chi connectivity index (χ4n) is 2.47. The van der Waals surface area contributed by atoms with E-state index in [1.54, 1.807) is 6.20 Å². The van der Waals surface area contributed by atoms with Crippen LogP contribution in [-0.2, 0) is 17.6 Å². The van der Waals surface area contributed by atoms with Crippen molar-refractivity contribution in [1.29, 1.82) is 0 Å². The highest BCUT2D eigenvalue weighted by Gasteiger charge is 2.08. The van der Waals surface area contributed by atoms with E-state index in [4.69, 9.17) is 0 Å². The summed E-state index contributed by atoms with van der Waals surface area (Å²) in [6, 6.07) is 14.0. The van der Waals surface area contributed by atoms with Gasteiger partial charge in [0.25, 0.3) is 0 Å². The van der Waals surface area contributed by atoms with Gasteiger partial charge in [0.05, 0.1) is 0 Å². The maximum absolute atomic E-state index is 12.2. The summed E-state index contributed by atoms with van der Waals surface area (Å²) in [5.41, 5.74) is 4.13. The number of hydrogen-bond acceptors (Lipinski definition) is 2. The van der Waals surface area contributed by atoms with E-state index < -0.39 is 0 Å². The van der Waals surface area contributed by atoms with Crippen LogP contribution in [0.4, 0.5) is 0 Å². The molecule has 3 aromatic rings. The van der Waals surface area contributed by atoms with Gasteiger partial charge in [0.1, 0.15) is 11.4 Å². The molecule has 2 aromatic heterocycles. The van der Waals surface area contributed by atoms with Crippen LogP contribution in [0.3, 0.4) is 0 Å². The third-order valence-corrected chi connectivity index (χ3v) is 3.37. The lowest BCUT2D eigenvalue weighted by atomic mass is 10.0. The summed E-state index contributed by atoms with van der Waals surface area (Å²) in [6.07, 6.45) is 4.56. The third-order valence-electron chi connectivity index (χ3n) is 3.37. The molecule has 0 aliphatic carbocycles. The number of ketones is 1. The highest BCUT2D eigenvalue weighted by atomic mass is 16.1. The number of rotatable bonds is 4. The Kier molecular flexibility index (Phi) is 3.33. The number of imidazole rings is 1. The van der Waals surface area contributed by atoms with Crippen molar-refractivity contribution in [2.24, 2.45) is 0 Å². The summed E-state index contributed by atoms with van der Waals surface area (Å²) < 4.78 is 1.97. The van der Waals surface area contributed by atoms with Gasteiger partial charge >= 0.3 is 0 Å². The first-order valence-corrected chi connectivity index (χ1v) is 6.70. The molecule has 0 saturated carbocycles. The van der Waals surface area contributed by atoms with Crippen molar-refractivity contribution < 1.29 is 4.79 Å². The predicted octanol–water partition coefficient (Wildman–Crippen LogP) is 3.00. The van der Waals surface area contributed by atoms with Crippen LogP contribution >= 0.6 is 0 Å². The fraction of sp³-hybridized carbons (Fsp3) is 0.176. The zero-order chi connectivity index (χ0) is 13.9. The summed E-state index contributed by atoms with van der Waals surface area (Å²) in [5.74, 6) is 0.219. The summed E-state index contributed by atoms with van der Waals surface area (Å²) in [5, 5.41) is 0. The van der Waals surface area contributed by atoms with E-state index in [0.29, 0.717) is 12.8 Å². The van der Waals surface area contributed by atoms with E-state index in [0.717, 1.165) is 16.9 Å². The zero-order valence-corrected chi connectivity index (χ0v) is 11.4. The van der Waals surface area contributed by atoms with Gasteiger partial charge in [-0.1, -0.05) is 35.9 Å². The third kappa shape index (κ3) is 2.62. The first-order chi connectivity index (χ1) is 9.72. The fourth-order valence-corrected chi connectivity index (χ4v) is 2.47. The van der Waals surface area contributed by atoms with E-state index in [1.165, 1.54) is 5.56 Å². The highest BCUT2D eigenvalue weighted by Crippen LogP contribution is 2.10. The van der Waals surface area contributed by atoms with Gasteiger partial charge in [-0.25, -0.2) is 4.98 Å². The average Bonchev–Trinajstić information content (AvgIpc) is 2.88. The van der Waals surface area contributed by atoms with E-state index >= 15 is 0 Å². The second-order valence-corrected chi connectivity index (χ2v) is 5.05. The number of Topliss-reactive ketones (excluding diaryl/α,β-unsaturated/α-hetero) is 1. The molecule has 0 atom stereocenters. The molecule has 0 radical (unpaired) electrons. The van der Waals surface area contributed by atoms with E-state index in [-0.39, 0.29) is 5.78 Å². The zero-order valence-electron chi connectivity index (χ0n) is 11.4. The summed E-state index contributed by atoms with van der Waals surface area (Å²) in [7, 11) is 0. The molecule has 0 saturated heterocycles. The van der Waals surface area contributed by atoms with Crippen molar-refractivity contribution in [3.8, 4) is 0 Å². The molecule has 100 valence electrons. The Labute approximate surface area is 117 Å². The Balaban J connectivity index is 1.77. The molecular weight excluding hydrogens is 248 g/mol. The molecule has 0 spiro atoms. The average molecular weight is 264 g/mol. The van der Waals surface area contributed by atoms with Crippen LogP contribution in [0.2, 0.25) is 0 Å². The topological polar surface area (TPSA) is 34.4 Å². The normalized spacial score (nSPS) is 10.8. The first-order valence-electron chi connectivity index (χ1n) is 6.70. The number of aromatic nitrogens is 2. The van der Waals surface area contributed by atoms with Gasteiger partial charge in [0.2, 0.25) is 0 Å². The molecule has 2 heterocycles. The lowest BCUT2D eigenvalue weighted by Gasteiger charge is -2.05. The van der Waals surface area contributed by atoms with Crippen molar-refractivity contribution >= 4 is 11.4 Å². The Hall–Kier alpha value is -2.42. The summed E-state index contributed by atoms with van der Waals surface area (Å²) >= 11 is 0. The molecule has 1 aromatic carbocycles. The molecule has 0 unspecified atom stereocenters. The number of carbonyl (C=O) groups is 1. The van der Waals surface area contributed by atoms with Crippen LogP contribution in [0.15, 0.2) is 54.9 Å². The molecule has 0 aliphatic heterocycles. The molecule has 0 bridgehead atoms. The van der Waals surface area contributed by atoms with Crippen molar-refractivity contribution in [1.82, 2.24) is 9.38 Å². The monoisotopic (exact) mass is 264 g/mol. The van der Waals surface area contributed by atoms with E-state index in [1.807, 2.05) is 53.9 Å². The number of benzene rings is 1. The molecule has 0 amide bonds. The minimum atomic E-state index is 0.219. The first kappa shape index (κ1) is 12.6. The van der Waals surface area contributed by atoms with Gasteiger partial charge in [0.15, 0.2) is 0 Å². The minimum Gasteiger partial charge on any atom is -0.304 e. The molecular formula is C17H16N2O. The lowest BCUT2D eigenvalue weighted by Crippen LogP contribution is -2.09. The smallest absolute Gasteiger partial charge is 0.143 e. The molecule has 0 fully saturated rings. The maximum atomic E-state index is 12.2. The Morgan fingerprint density at radius 1 is 1.15 bits per heavy atom. The lowest BCUT2D eigenvalue weighted by molar-refractivity contribution is -0.117. The molecule has 0 aliphatic rings. The SMILES string of the molecule is Cc1cccc(CC(=O)Cc2cccc3nccn23)c1. The summed E-state index contributed by atoms with van der Waals surface area (Å²) in [6.45, 7) is 2.04. The van der Waals surface area contributed by atoms with Crippen molar-refractivity contribution in [2.45, 2.75) is 19.8 Å². The van der Waals surface area contributed by atoms with Gasteiger partial charge in [-0.05, 0) is 24.6 Å². The predicted molar refractivity (Wildman–Crippen MR) is 78.8 cm³/mol. The van der Waals surface area contributed by atoms with Gasteiger partial charge in [-0.3, -0.25) is 4.79 Å². The second kappa shape index (κ2) is 5.29. The molecule has 3 rings (SSSR count). The van der Waals surface area contributed by atoms with Crippen LogP contribution in [-0.4, -0.2) is 15.2 Å². The van der Waals surface area contributed by atoms with Gasteiger partial charge in [0, 0.05) is 30.9 Å². The number of aryl methyl sites for hydroxylation is 1. The Morgan fingerprint density at radius 3 is 2.85 bits per heavy atom. The van der Waals surface area contributed by atoms with Crippen LogP contribution < -0.4 is 0 Å². The van der Waals surface area contributed by atoms with Crippen LogP contribution in [0.1, 0.15) is 16.8 Å². The number of nitrogens with zero attached hydrogens (tertiary/aromatic N) is 2. The van der Waals surface area contributed by atoms with E-state index in [2.05, 4.69) is 11.1 Å². The molecule has 3 nitrogen and oxygen atoms in total. The van der Waals surface area contributed by atoms with Gasteiger partial charge in [-0.2, -0.15) is 0 Å². The van der Waals surface area contributed by atoms with Crippen molar-refractivity contribution in [3.63, 3.8) is 0 Å². The van der Waals surface area contributed by atoms with E-state index in [9.17, 15) is 4.79 Å². The summed E-state index contributed by atoms with van der Waals surface area (Å²) in [4.78, 5) is 16.5. The number of pyridine rings is 1. The molecule has 20 heavy (non-hydrogen) atoms.